The second-order valence-electron chi connectivity index (χ2n) is 4.37. The lowest BCUT2D eigenvalue weighted by molar-refractivity contribution is 0.454. The first-order chi connectivity index (χ1) is 9.42. The number of hydrogen-bond donors (Lipinski definition) is 1. The van der Waals surface area contributed by atoms with Crippen molar-refractivity contribution in [1.29, 1.82) is 0 Å². The summed E-state index contributed by atoms with van der Waals surface area (Å²) in [5.41, 5.74) is 8.44. The van der Waals surface area contributed by atoms with Crippen LogP contribution in [0.1, 0.15) is 16.8 Å². The first-order valence-electron chi connectivity index (χ1n) is 5.92. The van der Waals surface area contributed by atoms with E-state index in [0.29, 0.717) is 33.2 Å². The third-order valence-electron chi connectivity index (χ3n) is 2.82. The average molecular weight is 332 g/mol. The summed E-state index contributed by atoms with van der Waals surface area (Å²) in [6.07, 6.45) is 0. The minimum absolute atomic E-state index is 0.327. The van der Waals surface area contributed by atoms with Crippen molar-refractivity contribution in [3.63, 3.8) is 0 Å². The standard InChI is InChI=1S/C14H13Cl3N2O/c1-7-3-8(2)19-14(9(7)6-18)20-13-5-11(16)10(15)4-12(13)17/h3-5H,6,18H2,1-2H3. The summed E-state index contributed by atoms with van der Waals surface area (Å²) in [7, 11) is 0. The van der Waals surface area contributed by atoms with E-state index in [4.69, 9.17) is 45.3 Å². The molecule has 2 aromatic rings. The lowest BCUT2D eigenvalue weighted by Gasteiger charge is -2.13. The smallest absolute Gasteiger partial charge is 0.224 e. The molecule has 6 heteroatoms. The molecule has 0 amide bonds. The summed E-state index contributed by atoms with van der Waals surface area (Å²) in [6.45, 7) is 4.17. The first-order valence-corrected chi connectivity index (χ1v) is 7.05. The molecule has 106 valence electrons. The molecule has 0 fully saturated rings. The van der Waals surface area contributed by atoms with Gasteiger partial charge in [-0.3, -0.25) is 0 Å². The van der Waals surface area contributed by atoms with Gasteiger partial charge in [0, 0.05) is 23.9 Å². The molecule has 1 heterocycles. The highest BCUT2D eigenvalue weighted by molar-refractivity contribution is 6.43. The van der Waals surface area contributed by atoms with Crippen LogP contribution in [0.2, 0.25) is 15.1 Å². The molecule has 3 nitrogen and oxygen atoms in total. The Hall–Kier alpha value is -1.000. The van der Waals surface area contributed by atoms with Crippen LogP contribution in [0.15, 0.2) is 18.2 Å². The number of hydrogen-bond acceptors (Lipinski definition) is 3. The van der Waals surface area contributed by atoms with Crippen LogP contribution >= 0.6 is 34.8 Å². The molecular formula is C14H13Cl3N2O. The molecule has 0 radical (unpaired) electrons. The zero-order valence-corrected chi connectivity index (χ0v) is 13.3. The van der Waals surface area contributed by atoms with E-state index in [9.17, 15) is 0 Å². The maximum atomic E-state index is 6.10. The minimum Gasteiger partial charge on any atom is -0.437 e. The molecule has 1 aromatic carbocycles. The maximum Gasteiger partial charge on any atom is 0.224 e. The zero-order chi connectivity index (χ0) is 14.9. The Balaban J connectivity index is 2.47. The van der Waals surface area contributed by atoms with E-state index in [-0.39, 0.29) is 0 Å². The van der Waals surface area contributed by atoms with Gasteiger partial charge in [-0.05, 0) is 31.5 Å². The molecule has 0 aliphatic rings. The number of nitrogens with two attached hydrogens (primary N) is 1. The number of benzene rings is 1. The van der Waals surface area contributed by atoms with Gasteiger partial charge < -0.3 is 10.5 Å². The zero-order valence-electron chi connectivity index (χ0n) is 11.0. The fourth-order valence-electron chi connectivity index (χ4n) is 1.85. The van der Waals surface area contributed by atoms with Gasteiger partial charge in [0.15, 0.2) is 0 Å². The Morgan fingerprint density at radius 2 is 1.70 bits per heavy atom. The normalized spacial score (nSPS) is 10.7. The van der Waals surface area contributed by atoms with Crippen LogP contribution in [0, 0.1) is 13.8 Å². The molecule has 1 aromatic heterocycles. The molecule has 0 unspecified atom stereocenters. The molecule has 2 rings (SSSR count). The first kappa shape index (κ1) is 15.4. The molecule has 0 atom stereocenters. The minimum atomic E-state index is 0.327. The second-order valence-corrected chi connectivity index (χ2v) is 5.59. The Morgan fingerprint density at radius 3 is 2.35 bits per heavy atom. The van der Waals surface area contributed by atoms with E-state index in [1.807, 2.05) is 19.9 Å². The Morgan fingerprint density at radius 1 is 1.05 bits per heavy atom. The number of aryl methyl sites for hydroxylation is 2. The van der Waals surface area contributed by atoms with Gasteiger partial charge in [0.05, 0.1) is 15.1 Å². The van der Waals surface area contributed by atoms with Gasteiger partial charge in [-0.15, -0.1) is 0 Å². The molecule has 2 N–H and O–H groups in total. The van der Waals surface area contributed by atoms with E-state index in [1.165, 1.54) is 6.07 Å². The summed E-state index contributed by atoms with van der Waals surface area (Å²) in [5.74, 6) is 0.832. The third-order valence-corrected chi connectivity index (χ3v) is 3.84. The fourth-order valence-corrected chi connectivity index (χ4v) is 2.42. The predicted molar refractivity (Wildman–Crippen MR) is 83.1 cm³/mol. The van der Waals surface area contributed by atoms with Crippen LogP contribution in [0.4, 0.5) is 0 Å². The van der Waals surface area contributed by atoms with Crippen molar-refractivity contribution in [2.45, 2.75) is 20.4 Å². The lowest BCUT2D eigenvalue weighted by atomic mass is 10.1. The summed E-state index contributed by atoms with van der Waals surface area (Å²) >= 11 is 18.0. The van der Waals surface area contributed by atoms with Crippen LogP contribution < -0.4 is 10.5 Å². The topological polar surface area (TPSA) is 48.1 Å². The number of aromatic nitrogens is 1. The fraction of sp³-hybridized carbons (Fsp3) is 0.214. The Labute approximate surface area is 132 Å². The highest BCUT2D eigenvalue weighted by Gasteiger charge is 2.13. The van der Waals surface area contributed by atoms with Crippen LogP contribution in [0.5, 0.6) is 11.6 Å². The highest BCUT2D eigenvalue weighted by atomic mass is 35.5. The Bertz CT molecular complexity index is 659. The molecule has 0 aliphatic heterocycles. The molecule has 20 heavy (non-hydrogen) atoms. The van der Waals surface area contributed by atoms with E-state index < -0.39 is 0 Å². The largest absolute Gasteiger partial charge is 0.437 e. The van der Waals surface area contributed by atoms with E-state index in [2.05, 4.69) is 4.98 Å². The van der Waals surface area contributed by atoms with Crippen LogP contribution in [-0.4, -0.2) is 4.98 Å². The number of ether oxygens (including phenoxy) is 1. The molecule has 0 aliphatic carbocycles. The van der Waals surface area contributed by atoms with Gasteiger partial charge in [-0.25, -0.2) is 4.98 Å². The van der Waals surface area contributed by atoms with Crippen molar-refractivity contribution >= 4 is 34.8 Å². The van der Waals surface area contributed by atoms with E-state index >= 15 is 0 Å². The lowest BCUT2D eigenvalue weighted by Crippen LogP contribution is -2.05. The van der Waals surface area contributed by atoms with Crippen molar-refractivity contribution in [2.75, 3.05) is 0 Å². The average Bonchev–Trinajstić information content (AvgIpc) is 2.35. The summed E-state index contributed by atoms with van der Waals surface area (Å²) in [4.78, 5) is 4.36. The second kappa shape index (κ2) is 6.19. The number of pyridine rings is 1. The Kier molecular flexibility index (Phi) is 4.76. The van der Waals surface area contributed by atoms with Gasteiger partial charge in [0.1, 0.15) is 5.75 Å². The molecule has 0 saturated heterocycles. The van der Waals surface area contributed by atoms with Crippen molar-refractivity contribution in [1.82, 2.24) is 4.98 Å². The van der Waals surface area contributed by atoms with Gasteiger partial charge in [-0.1, -0.05) is 34.8 Å². The molecular weight excluding hydrogens is 319 g/mol. The van der Waals surface area contributed by atoms with Crippen molar-refractivity contribution in [2.24, 2.45) is 5.73 Å². The monoisotopic (exact) mass is 330 g/mol. The van der Waals surface area contributed by atoms with Gasteiger partial charge in [-0.2, -0.15) is 0 Å². The van der Waals surface area contributed by atoms with Crippen LogP contribution in [0.25, 0.3) is 0 Å². The van der Waals surface area contributed by atoms with Crippen LogP contribution in [0.3, 0.4) is 0 Å². The quantitative estimate of drug-likeness (QED) is 0.813. The van der Waals surface area contributed by atoms with Crippen molar-refractivity contribution < 1.29 is 4.74 Å². The van der Waals surface area contributed by atoms with E-state index in [0.717, 1.165) is 16.8 Å². The predicted octanol–water partition coefficient (Wildman–Crippen LogP) is 4.91. The van der Waals surface area contributed by atoms with Gasteiger partial charge in [0.2, 0.25) is 5.88 Å². The number of nitrogens with zero attached hydrogens (tertiary/aromatic N) is 1. The van der Waals surface area contributed by atoms with Crippen LogP contribution in [-0.2, 0) is 6.54 Å². The van der Waals surface area contributed by atoms with Crippen molar-refractivity contribution in [3.05, 3.63) is 50.1 Å². The van der Waals surface area contributed by atoms with Gasteiger partial charge >= 0.3 is 0 Å². The van der Waals surface area contributed by atoms with Gasteiger partial charge in [0.25, 0.3) is 0 Å². The summed E-state index contributed by atoms with van der Waals surface area (Å²) in [6, 6.07) is 5.04. The number of halogens is 3. The molecule has 0 spiro atoms. The number of rotatable bonds is 3. The summed E-state index contributed by atoms with van der Waals surface area (Å²) < 4.78 is 5.76. The summed E-state index contributed by atoms with van der Waals surface area (Å²) in [5, 5.41) is 1.10. The van der Waals surface area contributed by atoms with Crippen molar-refractivity contribution in [3.8, 4) is 11.6 Å². The van der Waals surface area contributed by atoms with E-state index in [1.54, 1.807) is 6.07 Å². The SMILES string of the molecule is Cc1cc(C)c(CN)c(Oc2cc(Cl)c(Cl)cc2Cl)n1. The molecule has 0 bridgehead atoms. The maximum absolute atomic E-state index is 6.10. The molecule has 0 saturated carbocycles. The third kappa shape index (κ3) is 3.18. The highest BCUT2D eigenvalue weighted by Crippen LogP contribution is 2.37.